The molecule has 0 spiro atoms. The summed E-state index contributed by atoms with van der Waals surface area (Å²) in [4.78, 5) is 0. The van der Waals surface area contributed by atoms with Crippen molar-refractivity contribution in [3.8, 4) is 0 Å². The van der Waals surface area contributed by atoms with E-state index in [1.165, 1.54) is 0 Å². The van der Waals surface area contributed by atoms with Gasteiger partial charge < -0.3 is 0 Å². The lowest BCUT2D eigenvalue weighted by molar-refractivity contribution is 0.575. The number of hydrogen-bond acceptors (Lipinski definition) is 4. The maximum absolute atomic E-state index is 11.2. The predicted octanol–water partition coefficient (Wildman–Crippen LogP) is -0.188. The van der Waals surface area contributed by atoms with E-state index in [1.807, 2.05) is 0 Å². The quantitative estimate of drug-likeness (QED) is 0.636. The fourth-order valence-electron chi connectivity index (χ4n) is 1.68. The van der Waals surface area contributed by atoms with Crippen LogP contribution in [0, 0.1) is 5.92 Å². The van der Waals surface area contributed by atoms with Crippen LogP contribution in [-0.2, 0) is 19.7 Å². The van der Waals surface area contributed by atoms with Gasteiger partial charge in [0.2, 0.25) is 0 Å². The molecule has 0 bridgehead atoms. The van der Waals surface area contributed by atoms with Gasteiger partial charge in [-0.1, -0.05) is 6.92 Å². The van der Waals surface area contributed by atoms with E-state index in [1.54, 1.807) is 6.92 Å². The Balaban J connectivity index is 3.33. The maximum Gasteiger partial charge on any atom is 0.175 e. The van der Waals surface area contributed by atoms with Gasteiger partial charge in [-0.05, 0) is 12.3 Å². The lowest BCUT2D eigenvalue weighted by Crippen LogP contribution is -2.32. The highest BCUT2D eigenvalue weighted by Crippen LogP contribution is 2.53. The molecule has 1 fully saturated rings. The average Bonchev–Trinajstić information content (AvgIpc) is 2.36. The van der Waals surface area contributed by atoms with Crippen LogP contribution in [0.1, 0.15) is 13.3 Å². The standard InChI is InChI=1S/C6H12O4S2/c1-5-4-6(5,11(2,7)8)12(3,9)10/h5H,4H2,1-3H3. The monoisotopic (exact) mass is 212 g/mol. The summed E-state index contributed by atoms with van der Waals surface area (Å²) >= 11 is 0. The summed E-state index contributed by atoms with van der Waals surface area (Å²) in [5.41, 5.74) is 0. The molecule has 1 rings (SSSR count). The molecule has 0 aromatic rings. The zero-order chi connectivity index (χ0) is 9.78. The van der Waals surface area contributed by atoms with Gasteiger partial charge in [0.25, 0.3) is 0 Å². The summed E-state index contributed by atoms with van der Waals surface area (Å²) in [6.07, 6.45) is 2.21. The van der Waals surface area contributed by atoms with Gasteiger partial charge in [-0.3, -0.25) is 0 Å². The second-order valence-electron chi connectivity index (χ2n) is 3.46. The second-order valence-corrected chi connectivity index (χ2v) is 8.27. The first-order valence-electron chi connectivity index (χ1n) is 3.52. The van der Waals surface area contributed by atoms with Crippen molar-refractivity contribution in [1.29, 1.82) is 0 Å². The molecule has 72 valence electrons. The van der Waals surface area contributed by atoms with Crippen LogP contribution in [0.5, 0.6) is 0 Å². The minimum Gasteiger partial charge on any atom is -0.227 e. The summed E-state index contributed by atoms with van der Waals surface area (Å²) in [7, 11) is -6.97. The third kappa shape index (κ3) is 1.08. The van der Waals surface area contributed by atoms with Crippen LogP contribution in [0.25, 0.3) is 0 Å². The molecule has 1 aliphatic rings. The first-order valence-corrected chi connectivity index (χ1v) is 7.30. The lowest BCUT2D eigenvalue weighted by Gasteiger charge is -2.11. The van der Waals surface area contributed by atoms with E-state index < -0.39 is 23.8 Å². The molecule has 0 N–H and O–H groups in total. The van der Waals surface area contributed by atoms with Gasteiger partial charge in [0.15, 0.2) is 23.8 Å². The Morgan fingerprint density at radius 1 is 1.08 bits per heavy atom. The van der Waals surface area contributed by atoms with Crippen LogP contribution in [0.4, 0.5) is 0 Å². The first kappa shape index (κ1) is 9.98. The van der Waals surface area contributed by atoms with Gasteiger partial charge in [-0.15, -0.1) is 0 Å². The van der Waals surface area contributed by atoms with Crippen LogP contribution >= 0.6 is 0 Å². The molecule has 0 saturated heterocycles. The van der Waals surface area contributed by atoms with Crippen LogP contribution in [0.3, 0.4) is 0 Å². The molecule has 12 heavy (non-hydrogen) atoms. The molecule has 0 aromatic carbocycles. The fourth-order valence-corrected chi connectivity index (χ4v) is 6.44. The highest BCUT2D eigenvalue weighted by atomic mass is 32.3. The molecule has 1 atom stereocenters. The Morgan fingerprint density at radius 3 is 1.33 bits per heavy atom. The minimum atomic E-state index is -3.49. The maximum atomic E-state index is 11.2. The topological polar surface area (TPSA) is 68.3 Å². The van der Waals surface area contributed by atoms with Crippen molar-refractivity contribution < 1.29 is 16.8 Å². The van der Waals surface area contributed by atoms with Crippen molar-refractivity contribution in [2.45, 2.75) is 17.4 Å². The van der Waals surface area contributed by atoms with E-state index in [0.717, 1.165) is 12.5 Å². The highest BCUT2D eigenvalue weighted by molar-refractivity contribution is 8.10. The Kier molecular flexibility index (Phi) is 1.85. The largest absolute Gasteiger partial charge is 0.227 e. The zero-order valence-corrected chi connectivity index (χ0v) is 8.87. The van der Waals surface area contributed by atoms with Crippen LogP contribution < -0.4 is 0 Å². The molecular formula is C6H12O4S2. The molecule has 0 radical (unpaired) electrons. The number of hydrogen-bond donors (Lipinski definition) is 0. The molecule has 0 aromatic heterocycles. The van der Waals surface area contributed by atoms with Gasteiger partial charge >= 0.3 is 0 Å². The Morgan fingerprint density at radius 2 is 1.33 bits per heavy atom. The van der Waals surface area contributed by atoms with E-state index >= 15 is 0 Å². The summed E-state index contributed by atoms with van der Waals surface area (Å²) < 4.78 is 43.3. The summed E-state index contributed by atoms with van der Waals surface area (Å²) in [5, 5.41) is 0. The predicted molar refractivity (Wildman–Crippen MR) is 46.2 cm³/mol. The van der Waals surface area contributed by atoms with Crippen LogP contribution in [-0.4, -0.2) is 33.4 Å². The van der Waals surface area contributed by atoms with Crippen molar-refractivity contribution in [3.63, 3.8) is 0 Å². The van der Waals surface area contributed by atoms with Gasteiger partial charge in [0.1, 0.15) is 0 Å². The summed E-state index contributed by atoms with van der Waals surface area (Å²) in [5.74, 6) is -0.262. The van der Waals surface area contributed by atoms with Gasteiger partial charge in [-0.25, -0.2) is 16.8 Å². The zero-order valence-electron chi connectivity index (χ0n) is 7.23. The normalized spacial score (nSPS) is 28.4. The van der Waals surface area contributed by atoms with Crippen molar-refractivity contribution >= 4 is 19.7 Å². The van der Waals surface area contributed by atoms with E-state index in [0.29, 0.717) is 0 Å². The average molecular weight is 212 g/mol. The number of rotatable bonds is 2. The molecule has 1 unspecified atom stereocenters. The summed E-state index contributed by atoms with van der Waals surface area (Å²) in [6, 6.07) is 0. The van der Waals surface area contributed by atoms with Crippen molar-refractivity contribution in [2.24, 2.45) is 5.92 Å². The van der Waals surface area contributed by atoms with E-state index in [9.17, 15) is 16.8 Å². The van der Waals surface area contributed by atoms with Crippen molar-refractivity contribution in [2.75, 3.05) is 12.5 Å². The summed E-state index contributed by atoms with van der Waals surface area (Å²) in [6.45, 7) is 1.64. The fraction of sp³-hybridized carbons (Fsp3) is 1.00. The molecule has 1 aliphatic carbocycles. The van der Waals surface area contributed by atoms with Gasteiger partial charge in [0, 0.05) is 12.5 Å². The minimum absolute atomic E-state index is 0.241. The van der Waals surface area contributed by atoms with Crippen LogP contribution in [0.2, 0.25) is 0 Å². The third-order valence-corrected chi connectivity index (χ3v) is 7.90. The molecule has 0 aliphatic heterocycles. The van der Waals surface area contributed by atoms with Gasteiger partial charge in [0.05, 0.1) is 0 Å². The highest BCUT2D eigenvalue weighted by Gasteiger charge is 2.67. The van der Waals surface area contributed by atoms with Crippen LogP contribution in [0.15, 0.2) is 0 Å². The molecule has 1 saturated carbocycles. The van der Waals surface area contributed by atoms with Gasteiger partial charge in [-0.2, -0.15) is 0 Å². The SMILES string of the molecule is CC1CC1(S(C)(=O)=O)S(C)(=O)=O. The van der Waals surface area contributed by atoms with Crippen molar-refractivity contribution in [1.82, 2.24) is 0 Å². The third-order valence-electron chi connectivity index (χ3n) is 2.44. The van der Waals surface area contributed by atoms with E-state index in [2.05, 4.69) is 0 Å². The van der Waals surface area contributed by atoms with E-state index in [4.69, 9.17) is 0 Å². The lowest BCUT2D eigenvalue weighted by atomic mass is 10.5. The Hall–Kier alpha value is -0.100. The molecule has 4 nitrogen and oxygen atoms in total. The van der Waals surface area contributed by atoms with E-state index in [-0.39, 0.29) is 12.3 Å². The first-order chi connectivity index (χ1) is 5.13. The molecule has 0 amide bonds. The smallest absolute Gasteiger partial charge is 0.175 e. The molecular weight excluding hydrogens is 200 g/mol. The molecule has 6 heteroatoms. The Labute approximate surface area is 72.8 Å². The van der Waals surface area contributed by atoms with Crippen molar-refractivity contribution in [3.05, 3.63) is 0 Å². The molecule has 0 heterocycles. The Bertz CT molecular complexity index is 357. The second kappa shape index (κ2) is 2.23. The number of sulfone groups is 2.